The first-order valence-corrected chi connectivity index (χ1v) is 49.3. The van der Waals surface area contributed by atoms with Gasteiger partial charge in [0.25, 0.3) is 0 Å². The normalized spacial score (nSPS) is 15.0. The first kappa shape index (κ1) is 71.5. The summed E-state index contributed by atoms with van der Waals surface area (Å²) in [5.74, 6) is 0. The van der Waals surface area contributed by atoms with Gasteiger partial charge in [-0.2, -0.15) is 0 Å². The molecule has 0 N–H and O–H groups in total. The Bertz CT molecular complexity index is 4400. The van der Waals surface area contributed by atoms with Crippen LogP contribution in [0.3, 0.4) is 0 Å². The van der Waals surface area contributed by atoms with Crippen molar-refractivity contribution in [3.63, 3.8) is 0 Å². The third kappa shape index (κ3) is 21.6. The molecule has 0 bridgehead atoms. The first-order valence-electron chi connectivity index (χ1n) is 55.3. The van der Waals surface area contributed by atoms with Crippen LogP contribution in [0.15, 0.2) is 72.8 Å². The lowest BCUT2D eigenvalue weighted by atomic mass is 9.72. The van der Waals surface area contributed by atoms with E-state index in [0.717, 1.165) is 283 Å². The molecule has 13 aromatic rings. The van der Waals surface area contributed by atoms with E-state index in [-0.39, 0.29) is 0 Å². The molecule has 0 amide bonds. The summed E-state index contributed by atoms with van der Waals surface area (Å²) in [5.41, 5.74) is 3.41. The molecule has 618 valence electrons. The van der Waals surface area contributed by atoms with Crippen LogP contribution in [-0.4, -0.2) is 0 Å². The van der Waals surface area contributed by atoms with E-state index in [1.54, 1.807) is 0 Å². The highest BCUT2D eigenvalue weighted by atomic mass is 14.4. The second-order valence-electron chi connectivity index (χ2n) is 36.5. The van der Waals surface area contributed by atoms with Crippen LogP contribution in [0, 0.1) is 0 Å². The largest absolute Gasteiger partial charge is 0.0654 e. The third-order valence-electron chi connectivity index (χ3n) is 27.2. The van der Waals surface area contributed by atoms with Gasteiger partial charge in [0, 0.05) is 16.4 Å². The molecule has 0 radical (unpaired) electrons. The summed E-state index contributed by atoms with van der Waals surface area (Å²) >= 11 is 0. The lowest BCUT2D eigenvalue weighted by Crippen LogP contribution is -2.03. The summed E-state index contributed by atoms with van der Waals surface area (Å²) in [6, 6.07) is 25.9. The molecule has 0 heteroatoms. The maximum absolute atomic E-state index is 10.6. The Morgan fingerprint density at radius 3 is 0.307 bits per heavy atom. The van der Waals surface area contributed by atoms with Gasteiger partial charge in [-0.1, -0.05) is 461 Å². The highest BCUT2D eigenvalue weighted by molar-refractivity contribution is 6.61. The van der Waals surface area contributed by atoms with Gasteiger partial charge in [0.1, 0.15) is 0 Å². The van der Waals surface area contributed by atoms with E-state index in [2.05, 4.69) is 114 Å². The van der Waals surface area contributed by atoms with Crippen LogP contribution in [0.2, 0.25) is 0 Å². The standard InChI is InChI=1S/C114H162/c1-7-13-19-25-31-37-43-49-55-61-67-85-73-91-93-75-86(68-62-56-50-44-38-32-26-20-14-8-2)77-95-97-79-88(70-64-58-52-46-40-34-28-22-16-10-4)81-99-101-83-90(72-66-60-54-48-42-36-30-24-18-12-6)84-102-100-82-89(71-65-59-53-47-41-35-29-23-17-11-5)80-98-96-78-87(69-63-57-51-45-39-33-27-21-15-9-3)76-94-92(74-85)103(91)109-110(104(93)95)112(106(97)99)114(108(101)102)113(107(98)100)111(109)105(94)96/h73-84H,7-72H2,1-6H3/i67D2,68D2,69D2,70D2,71D2,72D2. The van der Waals surface area contributed by atoms with E-state index in [4.69, 9.17) is 0 Å². The van der Waals surface area contributed by atoms with Gasteiger partial charge in [-0.3, -0.25) is 0 Å². The van der Waals surface area contributed by atoms with E-state index >= 15 is 0 Å². The smallest absolute Gasteiger partial charge is 0.0316 e. The maximum Gasteiger partial charge on any atom is 0.0316 e. The molecule has 0 heterocycles. The molecule has 0 nitrogen and oxygen atoms in total. The Balaban J connectivity index is 1.12. The Kier molecular flexibility index (Phi) is 29.0. The van der Waals surface area contributed by atoms with Crippen molar-refractivity contribution in [2.45, 2.75) is 465 Å². The predicted octanol–water partition coefficient (Wildman–Crippen LogP) is 38.9. The molecule has 0 aliphatic heterocycles. The first-order chi connectivity index (χ1) is 60.9. The van der Waals surface area contributed by atoms with Crippen molar-refractivity contribution in [1.82, 2.24) is 0 Å². The minimum Gasteiger partial charge on any atom is -0.0654 e. The fourth-order valence-electron chi connectivity index (χ4n) is 20.9. The summed E-state index contributed by atoms with van der Waals surface area (Å²) in [5, 5.41) is 22.5. The quantitative estimate of drug-likeness (QED) is 0.0202. The average Bonchev–Trinajstić information content (AvgIpc) is 0.639. The highest BCUT2D eigenvalue weighted by Gasteiger charge is 2.33. The van der Waals surface area contributed by atoms with Gasteiger partial charge >= 0.3 is 0 Å². The van der Waals surface area contributed by atoms with E-state index < -0.39 is 38.2 Å². The molecule has 114 heavy (non-hydrogen) atoms. The zero-order valence-corrected chi connectivity index (χ0v) is 73.4. The van der Waals surface area contributed by atoms with Crippen LogP contribution >= 0.6 is 0 Å². The number of fused-ring (bicyclic) bond motifs is 6. The third-order valence-corrected chi connectivity index (χ3v) is 27.2. The highest BCUT2D eigenvalue weighted by Crippen LogP contribution is 2.61. The number of rotatable bonds is 66. The van der Waals surface area contributed by atoms with Gasteiger partial charge in [0.05, 0.1) is 0 Å². The molecule has 0 aliphatic rings. The lowest BCUT2D eigenvalue weighted by molar-refractivity contribution is 0.556. The SMILES string of the molecule is [2H]C([2H])(CCCCCCCCCCC)c1cc2c3cc(C([2H])([2H])CCCCCCCCCCC)cc4c5cc(C([2H])([2H])CCCCCCCCCCC)cc6c7cc(C([2H])([2H])CCCCCCCCCCC)cc8c9cc(C([2H])([2H])CCCCCCCCCCC)cc%10c%11cc(C([2H])([2H])CCCCCCCCCCC)cc%12c(c1)c2c1c(c34)c(c56)c(c78)c(c%109)c1c%12%11. The monoisotopic (exact) mass is 1540 g/mol. The molecule has 0 saturated carbocycles. The number of benzene rings is 13. The van der Waals surface area contributed by atoms with Crippen molar-refractivity contribution in [2.75, 3.05) is 0 Å². The molecule has 0 spiro atoms. The molecule has 0 aliphatic carbocycles. The molecule has 0 unspecified atom stereocenters. The van der Waals surface area contributed by atoms with Gasteiger partial charge in [0.15, 0.2) is 0 Å². The van der Waals surface area contributed by atoms with Crippen LogP contribution in [0.5, 0.6) is 0 Å². The fourth-order valence-corrected chi connectivity index (χ4v) is 20.9. The molecular formula is C114H162. The van der Waals surface area contributed by atoms with Crippen LogP contribution in [0.25, 0.3) is 129 Å². The second kappa shape index (κ2) is 46.2. The number of unbranched alkanes of at least 4 members (excludes halogenated alkanes) is 48. The zero-order valence-electron chi connectivity index (χ0n) is 85.4. The number of hydrogen-bond donors (Lipinski definition) is 0. The molecular weight excluding hydrogens is 1370 g/mol. The van der Waals surface area contributed by atoms with Crippen molar-refractivity contribution in [3.8, 4) is 0 Å². The summed E-state index contributed by atoms with van der Waals surface area (Å²) < 4.78 is 127. The Hall–Kier alpha value is -5.46. The van der Waals surface area contributed by atoms with Crippen LogP contribution in [0.4, 0.5) is 0 Å². The van der Waals surface area contributed by atoms with E-state index in [0.29, 0.717) is 71.9 Å². The van der Waals surface area contributed by atoms with E-state index in [9.17, 15) is 16.4 Å². The van der Waals surface area contributed by atoms with Gasteiger partial charge in [-0.15, -0.1) is 0 Å². The molecule has 13 rings (SSSR count). The van der Waals surface area contributed by atoms with E-state index in [1.807, 2.05) is 0 Å². The van der Waals surface area contributed by atoms with Crippen molar-refractivity contribution in [2.24, 2.45) is 0 Å². The topological polar surface area (TPSA) is 0 Å². The van der Waals surface area contributed by atoms with Crippen molar-refractivity contribution in [3.05, 3.63) is 106 Å². The van der Waals surface area contributed by atoms with Gasteiger partial charge in [-0.25, -0.2) is 0 Å². The predicted molar refractivity (Wildman–Crippen MR) is 517 cm³/mol. The van der Waals surface area contributed by atoms with Crippen molar-refractivity contribution >= 4 is 129 Å². The minimum atomic E-state index is -1.80. The molecule has 0 aromatic heterocycles. The Morgan fingerprint density at radius 2 is 0.211 bits per heavy atom. The van der Waals surface area contributed by atoms with Gasteiger partial charge < -0.3 is 0 Å². The molecule has 13 aromatic carbocycles. The number of hydrogen-bond acceptors (Lipinski definition) is 0. The van der Waals surface area contributed by atoms with Crippen LogP contribution in [0.1, 0.15) is 477 Å². The average molecular weight is 1540 g/mol. The van der Waals surface area contributed by atoms with Crippen LogP contribution < -0.4 is 0 Å². The van der Waals surface area contributed by atoms with Gasteiger partial charge in [-0.05, 0) is 239 Å². The molecule has 0 fully saturated rings. The molecule has 0 atom stereocenters. The zero-order chi connectivity index (χ0) is 89.2. The van der Waals surface area contributed by atoms with E-state index in [1.165, 1.54) is 193 Å². The minimum absolute atomic E-state index is 0.323. The summed E-state index contributed by atoms with van der Waals surface area (Å²) in [6.45, 7) is 13.6. The van der Waals surface area contributed by atoms with Crippen molar-refractivity contribution < 1.29 is 16.4 Å². The summed E-state index contributed by atoms with van der Waals surface area (Å²) in [7, 11) is 0. The lowest BCUT2D eigenvalue weighted by Gasteiger charge is -2.30. The Morgan fingerprint density at radius 1 is 0.123 bits per heavy atom. The fraction of sp³-hybridized carbons (Fsp3) is 0.632. The van der Waals surface area contributed by atoms with Crippen molar-refractivity contribution in [1.29, 1.82) is 0 Å². The Labute approximate surface area is 713 Å². The second-order valence-corrected chi connectivity index (χ2v) is 36.5. The summed E-state index contributed by atoms with van der Waals surface area (Å²) in [4.78, 5) is 0. The number of aryl methyl sites for hydroxylation is 6. The van der Waals surface area contributed by atoms with Gasteiger partial charge in [0.2, 0.25) is 0 Å². The summed E-state index contributed by atoms with van der Waals surface area (Å²) in [6.07, 6.45) is 51.3. The molecule has 0 saturated heterocycles. The van der Waals surface area contributed by atoms with Crippen LogP contribution in [-0.2, 0) is 38.2 Å². The maximum atomic E-state index is 10.6.